The molecule has 0 saturated heterocycles. The highest BCUT2D eigenvalue weighted by atomic mass is 16.5. The largest absolute Gasteiger partial charge is 0.496 e. The van der Waals surface area contributed by atoms with E-state index in [1.54, 1.807) is 7.11 Å². The Balaban J connectivity index is 1.92. The summed E-state index contributed by atoms with van der Waals surface area (Å²) in [4.78, 5) is 7.89. The molecule has 0 amide bonds. The molecule has 3 rings (SSSR count). The molecule has 4 nitrogen and oxygen atoms in total. The lowest BCUT2D eigenvalue weighted by atomic mass is 9.80. The second-order valence-corrected chi connectivity index (χ2v) is 5.31. The molecule has 2 aromatic rings. The Bertz CT molecular complexity index is 585. The van der Waals surface area contributed by atoms with Crippen molar-refractivity contribution in [3.63, 3.8) is 0 Å². The lowest BCUT2D eigenvalue weighted by molar-refractivity contribution is 0.340. The Morgan fingerprint density at radius 2 is 2.16 bits per heavy atom. The van der Waals surface area contributed by atoms with E-state index < -0.39 is 0 Å². The molecule has 4 heteroatoms. The van der Waals surface area contributed by atoms with Crippen LogP contribution in [0.5, 0.6) is 5.75 Å². The summed E-state index contributed by atoms with van der Waals surface area (Å²) < 4.78 is 5.41. The van der Waals surface area contributed by atoms with Crippen LogP contribution in [0.3, 0.4) is 0 Å². The van der Waals surface area contributed by atoms with Crippen LogP contribution in [0.4, 0.5) is 0 Å². The number of hydrogen-bond donors (Lipinski definition) is 2. The maximum atomic E-state index is 5.83. The molecule has 1 fully saturated rings. The van der Waals surface area contributed by atoms with E-state index in [0.717, 1.165) is 35.7 Å². The monoisotopic (exact) mass is 257 g/mol. The van der Waals surface area contributed by atoms with Gasteiger partial charge in [0.15, 0.2) is 0 Å². The number of hydrogen-bond acceptors (Lipinski definition) is 3. The van der Waals surface area contributed by atoms with Gasteiger partial charge in [-0.1, -0.05) is 11.6 Å². The molecule has 0 bridgehead atoms. The Labute approximate surface area is 113 Å². The predicted molar refractivity (Wildman–Crippen MR) is 75.3 cm³/mol. The highest BCUT2D eigenvalue weighted by Crippen LogP contribution is 2.36. The zero-order valence-corrected chi connectivity index (χ0v) is 11.3. The first-order valence-electron chi connectivity index (χ1n) is 6.63. The van der Waals surface area contributed by atoms with E-state index in [1.807, 2.05) is 18.3 Å². The Morgan fingerprint density at radius 1 is 1.37 bits per heavy atom. The number of methoxy groups -OCH3 is 1. The van der Waals surface area contributed by atoms with Gasteiger partial charge in [-0.3, -0.25) is 0 Å². The molecule has 0 unspecified atom stereocenters. The minimum absolute atomic E-state index is 0.340. The van der Waals surface area contributed by atoms with Crippen LogP contribution in [0.1, 0.15) is 30.1 Å². The summed E-state index contributed by atoms with van der Waals surface area (Å²) >= 11 is 0. The first kappa shape index (κ1) is 12.2. The van der Waals surface area contributed by atoms with Gasteiger partial charge in [0.2, 0.25) is 0 Å². The van der Waals surface area contributed by atoms with E-state index in [9.17, 15) is 0 Å². The van der Waals surface area contributed by atoms with Crippen molar-refractivity contribution < 1.29 is 4.74 Å². The first-order valence-corrected chi connectivity index (χ1v) is 6.63. The smallest absolute Gasteiger partial charge is 0.128 e. The number of benzene rings is 1. The van der Waals surface area contributed by atoms with E-state index in [1.165, 1.54) is 5.56 Å². The van der Waals surface area contributed by atoms with Crippen molar-refractivity contribution in [1.82, 2.24) is 9.97 Å². The van der Waals surface area contributed by atoms with Crippen molar-refractivity contribution in [3.05, 3.63) is 35.8 Å². The fourth-order valence-corrected chi connectivity index (χ4v) is 2.60. The zero-order valence-electron chi connectivity index (χ0n) is 11.3. The molecule has 0 aliphatic heterocycles. The molecule has 0 atom stereocenters. The molecule has 19 heavy (non-hydrogen) atoms. The third-order valence-corrected chi connectivity index (χ3v) is 3.80. The number of aromatic amines is 1. The quantitative estimate of drug-likeness (QED) is 0.888. The summed E-state index contributed by atoms with van der Waals surface area (Å²) in [7, 11) is 1.69. The van der Waals surface area contributed by atoms with E-state index in [-0.39, 0.29) is 0 Å². The molecule has 0 spiro atoms. The van der Waals surface area contributed by atoms with Crippen molar-refractivity contribution in [2.45, 2.75) is 31.7 Å². The van der Waals surface area contributed by atoms with Crippen LogP contribution >= 0.6 is 0 Å². The summed E-state index contributed by atoms with van der Waals surface area (Å²) in [5.41, 5.74) is 9.10. The summed E-state index contributed by atoms with van der Waals surface area (Å²) in [5.74, 6) is 2.39. The van der Waals surface area contributed by atoms with Gasteiger partial charge in [0.05, 0.1) is 19.0 Å². The van der Waals surface area contributed by atoms with Crippen LogP contribution < -0.4 is 10.5 Å². The molecular formula is C15H19N3O. The number of aryl methyl sites for hydroxylation is 1. The molecule has 1 aromatic carbocycles. The lowest BCUT2D eigenvalue weighted by Gasteiger charge is -2.30. The Kier molecular flexibility index (Phi) is 3.03. The third-order valence-electron chi connectivity index (χ3n) is 3.80. The average Bonchev–Trinajstić information content (AvgIpc) is 2.84. The Morgan fingerprint density at radius 3 is 2.84 bits per heavy atom. The normalized spacial score (nSPS) is 22.1. The number of nitrogens with zero attached hydrogens (tertiary/aromatic N) is 1. The first-order chi connectivity index (χ1) is 9.17. The van der Waals surface area contributed by atoms with E-state index >= 15 is 0 Å². The number of nitrogens with two attached hydrogens (primary N) is 1. The summed E-state index contributed by atoms with van der Waals surface area (Å²) in [6.07, 6.45) is 3.94. The van der Waals surface area contributed by atoms with Gasteiger partial charge in [-0.05, 0) is 31.9 Å². The molecular weight excluding hydrogens is 238 g/mol. The van der Waals surface area contributed by atoms with Crippen LogP contribution in [0.2, 0.25) is 0 Å². The fraction of sp³-hybridized carbons (Fsp3) is 0.400. The predicted octanol–water partition coefficient (Wildman–Crippen LogP) is 2.60. The molecule has 1 aliphatic rings. The van der Waals surface area contributed by atoms with E-state index in [4.69, 9.17) is 10.5 Å². The van der Waals surface area contributed by atoms with Crippen molar-refractivity contribution in [3.8, 4) is 17.0 Å². The number of rotatable bonds is 3. The number of aromatic nitrogens is 2. The second-order valence-electron chi connectivity index (χ2n) is 5.31. The van der Waals surface area contributed by atoms with Gasteiger partial charge in [0.1, 0.15) is 11.6 Å². The van der Waals surface area contributed by atoms with Gasteiger partial charge in [-0.2, -0.15) is 0 Å². The highest BCUT2D eigenvalue weighted by molar-refractivity contribution is 5.67. The molecule has 1 heterocycles. The number of nitrogens with one attached hydrogen (secondary N) is 1. The van der Waals surface area contributed by atoms with Crippen molar-refractivity contribution >= 4 is 0 Å². The van der Waals surface area contributed by atoms with Gasteiger partial charge < -0.3 is 15.5 Å². The Hall–Kier alpha value is -1.81. The minimum atomic E-state index is 0.340. The number of ether oxygens (including phenoxy) is 1. The van der Waals surface area contributed by atoms with Crippen LogP contribution in [-0.2, 0) is 0 Å². The van der Waals surface area contributed by atoms with Gasteiger partial charge in [-0.15, -0.1) is 0 Å². The minimum Gasteiger partial charge on any atom is -0.496 e. The molecule has 100 valence electrons. The summed E-state index contributed by atoms with van der Waals surface area (Å²) in [5, 5.41) is 0. The van der Waals surface area contributed by atoms with Crippen molar-refractivity contribution in [2.24, 2.45) is 5.73 Å². The number of imidazole rings is 1. The highest BCUT2D eigenvalue weighted by Gasteiger charge is 2.29. The summed E-state index contributed by atoms with van der Waals surface area (Å²) in [6.45, 7) is 2.07. The van der Waals surface area contributed by atoms with E-state index in [2.05, 4.69) is 23.0 Å². The molecule has 1 aliphatic carbocycles. The van der Waals surface area contributed by atoms with Gasteiger partial charge in [-0.25, -0.2) is 4.98 Å². The van der Waals surface area contributed by atoms with Gasteiger partial charge in [0, 0.05) is 17.5 Å². The summed E-state index contributed by atoms with van der Waals surface area (Å²) in [6, 6.07) is 6.49. The van der Waals surface area contributed by atoms with Crippen molar-refractivity contribution in [2.75, 3.05) is 7.11 Å². The average molecular weight is 257 g/mol. The standard InChI is InChI=1S/C15H19N3O/c1-9-3-4-14(19-2)12(5-9)13-8-17-15(18-13)10-6-11(16)7-10/h3-5,8,10-11H,6-7,16H2,1-2H3,(H,17,18). The van der Waals surface area contributed by atoms with Gasteiger partial charge >= 0.3 is 0 Å². The zero-order chi connectivity index (χ0) is 13.4. The third kappa shape index (κ3) is 2.24. The topological polar surface area (TPSA) is 63.9 Å². The van der Waals surface area contributed by atoms with Gasteiger partial charge in [0.25, 0.3) is 0 Å². The maximum Gasteiger partial charge on any atom is 0.128 e. The molecule has 1 saturated carbocycles. The fourth-order valence-electron chi connectivity index (χ4n) is 2.60. The van der Waals surface area contributed by atoms with Crippen LogP contribution in [0, 0.1) is 6.92 Å². The molecule has 1 aromatic heterocycles. The van der Waals surface area contributed by atoms with Crippen LogP contribution in [-0.4, -0.2) is 23.1 Å². The van der Waals surface area contributed by atoms with E-state index in [0.29, 0.717) is 12.0 Å². The lowest BCUT2D eigenvalue weighted by Crippen LogP contribution is -2.35. The van der Waals surface area contributed by atoms with Crippen molar-refractivity contribution in [1.29, 1.82) is 0 Å². The maximum absolute atomic E-state index is 5.83. The molecule has 0 radical (unpaired) electrons. The number of H-pyrrole nitrogens is 1. The second kappa shape index (κ2) is 4.70. The van der Waals surface area contributed by atoms with Crippen LogP contribution in [0.15, 0.2) is 24.4 Å². The SMILES string of the molecule is COc1ccc(C)cc1-c1cnc(C2CC(N)C2)[nH]1. The molecule has 3 N–H and O–H groups in total. The van der Waals surface area contributed by atoms with Crippen LogP contribution in [0.25, 0.3) is 11.3 Å².